The number of carboxylic acid groups (broad SMARTS) is 1. The normalized spacial score (nSPS) is 11.8. The van der Waals surface area contributed by atoms with Crippen molar-refractivity contribution >= 4 is 23.2 Å². The van der Waals surface area contributed by atoms with Gasteiger partial charge in [0.05, 0.1) is 11.3 Å². The first-order valence-corrected chi connectivity index (χ1v) is 12.6. The largest absolute Gasteiger partial charge is 0.485 e. The molecule has 5 nitrogen and oxygen atoms in total. The maximum absolute atomic E-state index is 13.5. The number of hydrogen-bond acceptors (Lipinski definition) is 4. The van der Waals surface area contributed by atoms with E-state index in [1.54, 1.807) is 18.2 Å². The van der Waals surface area contributed by atoms with Crippen LogP contribution in [0.2, 0.25) is 0 Å². The highest BCUT2D eigenvalue weighted by Crippen LogP contribution is 2.33. The summed E-state index contributed by atoms with van der Waals surface area (Å²) < 4.78 is 32.9. The number of rotatable bonds is 9. The fraction of sp³-hybridized carbons (Fsp3) is 0.357. The van der Waals surface area contributed by atoms with E-state index in [2.05, 4.69) is 19.2 Å². The predicted molar refractivity (Wildman–Crippen MR) is 140 cm³/mol. The minimum atomic E-state index is -2.87. The molecule has 0 aliphatic carbocycles. The Bertz CT molecular complexity index is 1150. The fourth-order valence-electron chi connectivity index (χ4n) is 3.30. The molecule has 0 bridgehead atoms. The Hall–Kier alpha value is -3.26. The van der Waals surface area contributed by atoms with Crippen LogP contribution in [-0.4, -0.2) is 23.5 Å². The SMILES string of the molecule is CCC.Cc1cc(OC(C)c2ccc(C(=O)NCCC(=O)O)s2)ccc1-c1ccc(C(C)(F)F)cc1. The van der Waals surface area contributed by atoms with Crippen LogP contribution in [0.4, 0.5) is 8.78 Å². The van der Waals surface area contributed by atoms with Gasteiger partial charge in [0.15, 0.2) is 0 Å². The van der Waals surface area contributed by atoms with Crippen LogP contribution < -0.4 is 10.1 Å². The summed E-state index contributed by atoms with van der Waals surface area (Å²) in [5.41, 5.74) is 2.69. The van der Waals surface area contributed by atoms with Gasteiger partial charge < -0.3 is 15.2 Å². The van der Waals surface area contributed by atoms with Crippen molar-refractivity contribution in [2.45, 2.75) is 59.5 Å². The van der Waals surface area contributed by atoms with Crippen LogP contribution in [-0.2, 0) is 10.7 Å². The Morgan fingerprint density at radius 1 is 1.08 bits per heavy atom. The Balaban J connectivity index is 0.00000145. The number of hydrogen-bond donors (Lipinski definition) is 2. The monoisotopic (exact) mass is 517 g/mol. The highest BCUT2D eigenvalue weighted by molar-refractivity contribution is 7.14. The summed E-state index contributed by atoms with van der Waals surface area (Å²) in [5, 5.41) is 11.2. The molecule has 0 saturated carbocycles. The number of benzene rings is 2. The summed E-state index contributed by atoms with van der Waals surface area (Å²) in [5.74, 6) is -3.50. The molecule has 1 unspecified atom stereocenters. The van der Waals surface area contributed by atoms with Crippen molar-refractivity contribution in [3.05, 3.63) is 75.5 Å². The highest BCUT2D eigenvalue weighted by atomic mass is 32.1. The predicted octanol–water partition coefficient (Wildman–Crippen LogP) is 7.60. The molecule has 0 aliphatic rings. The third kappa shape index (κ3) is 8.45. The highest BCUT2D eigenvalue weighted by Gasteiger charge is 2.23. The van der Waals surface area contributed by atoms with Gasteiger partial charge in [-0.05, 0) is 54.8 Å². The Morgan fingerprint density at radius 2 is 1.72 bits per heavy atom. The Kier molecular flexibility index (Phi) is 10.6. The zero-order valence-corrected chi connectivity index (χ0v) is 22.0. The van der Waals surface area contributed by atoms with Gasteiger partial charge in [-0.1, -0.05) is 50.6 Å². The third-order valence-corrected chi connectivity index (χ3v) is 6.33. The molecule has 1 heterocycles. The topological polar surface area (TPSA) is 75.6 Å². The third-order valence-electron chi connectivity index (χ3n) is 5.09. The van der Waals surface area contributed by atoms with Crippen LogP contribution in [0.25, 0.3) is 11.1 Å². The number of carboxylic acids is 1. The first-order chi connectivity index (χ1) is 17.0. The molecule has 2 N–H and O–H groups in total. The van der Waals surface area contributed by atoms with Crippen LogP contribution in [0.5, 0.6) is 5.75 Å². The Morgan fingerprint density at radius 3 is 2.28 bits per heavy atom. The second-order valence-electron chi connectivity index (χ2n) is 8.51. The van der Waals surface area contributed by atoms with Crippen LogP contribution in [0, 0.1) is 6.92 Å². The number of alkyl halides is 2. The smallest absolute Gasteiger partial charge is 0.305 e. The van der Waals surface area contributed by atoms with E-state index in [0.29, 0.717) is 10.6 Å². The number of amides is 1. The summed E-state index contributed by atoms with van der Waals surface area (Å²) in [6.07, 6.45) is 0.820. The number of halogens is 2. The van der Waals surface area contributed by atoms with E-state index in [0.717, 1.165) is 28.5 Å². The van der Waals surface area contributed by atoms with Gasteiger partial charge in [0.2, 0.25) is 0 Å². The van der Waals surface area contributed by atoms with Gasteiger partial charge in [-0.15, -0.1) is 11.3 Å². The number of carbonyl (C=O) groups is 2. The van der Waals surface area contributed by atoms with Crippen LogP contribution in [0.15, 0.2) is 54.6 Å². The van der Waals surface area contributed by atoms with E-state index in [9.17, 15) is 18.4 Å². The second-order valence-corrected chi connectivity index (χ2v) is 9.63. The zero-order chi connectivity index (χ0) is 26.9. The lowest BCUT2D eigenvalue weighted by atomic mass is 9.98. The lowest BCUT2D eigenvalue weighted by molar-refractivity contribution is -0.136. The molecule has 0 aliphatic heterocycles. The van der Waals surface area contributed by atoms with Gasteiger partial charge in [0.25, 0.3) is 11.8 Å². The van der Waals surface area contributed by atoms with Gasteiger partial charge in [-0.25, -0.2) is 8.78 Å². The van der Waals surface area contributed by atoms with Crippen LogP contribution >= 0.6 is 11.3 Å². The standard InChI is InChI=1S/C25H25F2NO4S.C3H8/c1-15-14-19(8-9-20(15)17-4-6-18(7-5-17)25(3,26)27)32-16(2)21-10-11-22(33-21)24(31)28-13-12-23(29)30;1-3-2/h4-11,14,16H,12-13H2,1-3H3,(H,28,31)(H,29,30);3H2,1-2H3. The van der Waals surface area contributed by atoms with E-state index in [1.165, 1.54) is 29.9 Å². The summed E-state index contributed by atoms with van der Waals surface area (Å²) in [4.78, 5) is 24.0. The molecule has 3 rings (SSSR count). The maximum Gasteiger partial charge on any atom is 0.305 e. The minimum absolute atomic E-state index is 0.0245. The average Bonchev–Trinajstić information content (AvgIpc) is 3.30. The molecule has 0 radical (unpaired) electrons. The molecule has 8 heteroatoms. The van der Waals surface area contributed by atoms with Crippen molar-refractivity contribution in [1.29, 1.82) is 0 Å². The molecule has 194 valence electrons. The molecule has 0 saturated heterocycles. The molecule has 1 amide bonds. The van der Waals surface area contributed by atoms with Crippen molar-refractivity contribution in [1.82, 2.24) is 5.32 Å². The van der Waals surface area contributed by atoms with Gasteiger partial charge in [-0.3, -0.25) is 9.59 Å². The first kappa shape index (κ1) is 29.0. The summed E-state index contributed by atoms with van der Waals surface area (Å²) in [7, 11) is 0. The summed E-state index contributed by atoms with van der Waals surface area (Å²) in [6, 6.07) is 15.4. The van der Waals surface area contributed by atoms with Crippen molar-refractivity contribution in [2.75, 3.05) is 6.54 Å². The second kappa shape index (κ2) is 13.2. The number of ether oxygens (including phenoxy) is 1. The van der Waals surface area contributed by atoms with E-state index in [1.807, 2.05) is 38.1 Å². The average molecular weight is 518 g/mol. The molecule has 36 heavy (non-hydrogen) atoms. The van der Waals surface area contributed by atoms with E-state index in [-0.39, 0.29) is 30.5 Å². The van der Waals surface area contributed by atoms with Crippen molar-refractivity contribution < 1.29 is 28.2 Å². The van der Waals surface area contributed by atoms with Crippen molar-refractivity contribution in [2.24, 2.45) is 0 Å². The number of nitrogens with one attached hydrogen (secondary N) is 1. The number of carbonyl (C=O) groups excluding carboxylic acids is 1. The molecule has 0 fully saturated rings. The summed E-state index contributed by atoms with van der Waals surface area (Å²) in [6.45, 7) is 9.01. The van der Waals surface area contributed by atoms with E-state index in [4.69, 9.17) is 9.84 Å². The zero-order valence-electron chi connectivity index (χ0n) is 21.2. The molecule has 1 aromatic heterocycles. The molecular formula is C28H33F2NO4S. The van der Waals surface area contributed by atoms with Gasteiger partial charge in [0.1, 0.15) is 11.9 Å². The van der Waals surface area contributed by atoms with Gasteiger partial charge >= 0.3 is 5.97 Å². The Labute approximate surface area is 215 Å². The minimum Gasteiger partial charge on any atom is -0.485 e. The molecule has 1 atom stereocenters. The van der Waals surface area contributed by atoms with E-state index < -0.39 is 11.9 Å². The van der Waals surface area contributed by atoms with Crippen molar-refractivity contribution in [3.63, 3.8) is 0 Å². The lowest BCUT2D eigenvalue weighted by Gasteiger charge is -2.16. The molecule has 2 aromatic carbocycles. The number of aryl methyl sites for hydroxylation is 1. The number of aliphatic carboxylic acids is 1. The van der Waals surface area contributed by atoms with Crippen molar-refractivity contribution in [3.8, 4) is 16.9 Å². The first-order valence-electron chi connectivity index (χ1n) is 11.8. The van der Waals surface area contributed by atoms with Gasteiger partial charge in [0, 0.05) is 23.9 Å². The quantitative estimate of drug-likeness (QED) is 0.306. The fourth-order valence-corrected chi connectivity index (χ4v) is 4.21. The van der Waals surface area contributed by atoms with Crippen LogP contribution in [0.3, 0.4) is 0 Å². The van der Waals surface area contributed by atoms with Gasteiger partial charge in [-0.2, -0.15) is 0 Å². The molecule has 0 spiro atoms. The summed E-state index contributed by atoms with van der Waals surface area (Å²) >= 11 is 1.29. The maximum atomic E-state index is 13.5. The van der Waals surface area contributed by atoms with E-state index >= 15 is 0 Å². The molecule has 3 aromatic rings. The lowest BCUT2D eigenvalue weighted by Crippen LogP contribution is -2.25. The van der Waals surface area contributed by atoms with Crippen LogP contribution in [0.1, 0.15) is 72.3 Å². The number of thiophene rings is 1. The molecular weight excluding hydrogens is 484 g/mol.